The third-order valence-corrected chi connectivity index (χ3v) is 10.1. The molecule has 25 heavy (non-hydrogen) atoms. The molecule has 0 atom stereocenters. The van der Waals surface area contributed by atoms with Gasteiger partial charge < -0.3 is 0 Å². The van der Waals surface area contributed by atoms with Crippen molar-refractivity contribution in [3.05, 3.63) is 102 Å². The Balaban J connectivity index is 2.47. The molecule has 0 aliphatic rings. The summed E-state index contributed by atoms with van der Waals surface area (Å²) in [5, 5.41) is 5.08. The van der Waals surface area contributed by atoms with Gasteiger partial charge in [-0.25, -0.2) is 0 Å². The van der Waals surface area contributed by atoms with E-state index < -0.39 is 7.26 Å². The predicted molar refractivity (Wildman–Crippen MR) is 111 cm³/mol. The van der Waals surface area contributed by atoms with Gasteiger partial charge in [-0.2, -0.15) is 0 Å². The molecular weight excluding hydrogens is 323 g/mol. The monoisotopic (exact) mass is 346 g/mol. The van der Waals surface area contributed by atoms with Crippen molar-refractivity contribution < 1.29 is 4.79 Å². The Kier molecular flexibility index (Phi) is 5.26. The van der Waals surface area contributed by atoms with E-state index in [2.05, 4.69) is 79.7 Å². The Hall–Kier alpha value is -2.50. The Morgan fingerprint density at radius 1 is 0.640 bits per heavy atom. The summed E-state index contributed by atoms with van der Waals surface area (Å²) < 4.78 is 0. The molecule has 0 aliphatic carbocycles. The minimum atomic E-state index is -2.46. The summed E-state index contributed by atoms with van der Waals surface area (Å²) >= 11 is 0. The van der Waals surface area contributed by atoms with Gasteiger partial charge in [0.05, 0.1) is 0 Å². The second-order valence-corrected chi connectivity index (χ2v) is 10.3. The number of allylic oxidation sites excluding steroid dienone is 2. The van der Waals surface area contributed by atoms with E-state index in [1.54, 1.807) is 0 Å². The molecule has 3 rings (SSSR count). The Bertz CT molecular complexity index is 771. The first kappa shape index (κ1) is 17.3. The SMILES string of the molecule is CC(C=O)=C(C)[PH](c1ccccc1)(c1ccccc1)c1ccccc1. The van der Waals surface area contributed by atoms with E-state index >= 15 is 0 Å². The molecule has 0 unspecified atom stereocenters. The van der Waals surface area contributed by atoms with Gasteiger partial charge in [-0.3, -0.25) is 0 Å². The standard InChI is InChI=1S/C23H23OP/c1-19(18-24)20(2)25(21-12-6-3-7-13-21,22-14-8-4-9-15-22)23-16-10-5-11-17-23/h3-18,25H,1-2H3. The molecule has 0 heterocycles. The Morgan fingerprint density at radius 2 is 0.960 bits per heavy atom. The van der Waals surface area contributed by atoms with Gasteiger partial charge in [0.2, 0.25) is 0 Å². The molecular formula is C23H23OP. The van der Waals surface area contributed by atoms with Crippen LogP contribution in [0.3, 0.4) is 0 Å². The molecule has 0 radical (unpaired) electrons. The van der Waals surface area contributed by atoms with Crippen LogP contribution in [0.5, 0.6) is 0 Å². The minimum absolute atomic E-state index is 0.822. The van der Waals surface area contributed by atoms with Crippen LogP contribution in [-0.2, 0) is 4.79 Å². The van der Waals surface area contributed by atoms with E-state index in [0.29, 0.717) is 0 Å². The van der Waals surface area contributed by atoms with Crippen molar-refractivity contribution in [2.75, 3.05) is 0 Å². The predicted octanol–water partition coefficient (Wildman–Crippen LogP) is 4.21. The average Bonchev–Trinajstić information content (AvgIpc) is 2.70. The third kappa shape index (κ3) is 3.08. The van der Waals surface area contributed by atoms with Crippen molar-refractivity contribution in [2.24, 2.45) is 0 Å². The second-order valence-electron chi connectivity index (χ2n) is 6.27. The van der Waals surface area contributed by atoms with Gasteiger partial charge in [-0.1, -0.05) is 0 Å². The molecule has 126 valence electrons. The molecule has 0 amide bonds. The average molecular weight is 346 g/mol. The van der Waals surface area contributed by atoms with Crippen LogP contribution in [0, 0.1) is 0 Å². The van der Waals surface area contributed by atoms with Gasteiger partial charge in [0.1, 0.15) is 0 Å². The van der Waals surface area contributed by atoms with Crippen LogP contribution in [0.2, 0.25) is 0 Å². The first-order chi connectivity index (χ1) is 12.2. The summed E-state index contributed by atoms with van der Waals surface area (Å²) in [5.41, 5.74) is 0.822. The van der Waals surface area contributed by atoms with Gasteiger partial charge in [-0.05, 0) is 0 Å². The normalized spacial score (nSPS) is 13.0. The topological polar surface area (TPSA) is 17.1 Å². The zero-order chi connectivity index (χ0) is 17.7. The van der Waals surface area contributed by atoms with Crippen LogP contribution in [0.4, 0.5) is 0 Å². The van der Waals surface area contributed by atoms with Crippen molar-refractivity contribution in [1.82, 2.24) is 0 Å². The molecule has 0 bridgehead atoms. The van der Waals surface area contributed by atoms with Crippen molar-refractivity contribution in [3.63, 3.8) is 0 Å². The fourth-order valence-electron chi connectivity index (χ4n) is 3.60. The van der Waals surface area contributed by atoms with Gasteiger partial charge in [-0.15, -0.1) is 0 Å². The van der Waals surface area contributed by atoms with E-state index in [0.717, 1.165) is 11.9 Å². The summed E-state index contributed by atoms with van der Waals surface area (Å²) in [4.78, 5) is 11.7. The first-order valence-electron chi connectivity index (χ1n) is 8.51. The van der Waals surface area contributed by atoms with Gasteiger partial charge >= 0.3 is 150 Å². The number of benzene rings is 3. The van der Waals surface area contributed by atoms with Gasteiger partial charge in [0, 0.05) is 0 Å². The number of rotatable bonds is 5. The van der Waals surface area contributed by atoms with Crippen LogP contribution in [0.25, 0.3) is 0 Å². The second kappa shape index (κ2) is 7.59. The number of carbonyl (C=O) groups is 1. The van der Waals surface area contributed by atoms with Crippen LogP contribution in [0.15, 0.2) is 102 Å². The molecule has 3 aromatic rings. The van der Waals surface area contributed by atoms with E-state index in [1.165, 1.54) is 21.2 Å². The number of aldehydes is 1. The fourth-order valence-corrected chi connectivity index (χ4v) is 8.62. The van der Waals surface area contributed by atoms with Crippen molar-refractivity contribution in [3.8, 4) is 0 Å². The van der Waals surface area contributed by atoms with Crippen LogP contribution >= 0.6 is 7.26 Å². The maximum atomic E-state index is 11.7. The molecule has 0 aromatic heterocycles. The maximum absolute atomic E-state index is 11.7. The molecule has 0 spiro atoms. The van der Waals surface area contributed by atoms with Crippen molar-refractivity contribution >= 4 is 29.5 Å². The zero-order valence-corrected chi connectivity index (χ0v) is 15.6. The number of carbonyl (C=O) groups excluding carboxylic acids is 1. The molecule has 0 aliphatic heterocycles. The Labute approximate surface area is 150 Å². The summed E-state index contributed by atoms with van der Waals surface area (Å²) in [6.45, 7) is 4.06. The van der Waals surface area contributed by atoms with Crippen LogP contribution in [0.1, 0.15) is 13.8 Å². The number of hydrogen-bond acceptors (Lipinski definition) is 1. The van der Waals surface area contributed by atoms with E-state index in [1.807, 2.05) is 25.1 Å². The van der Waals surface area contributed by atoms with Crippen LogP contribution in [-0.4, -0.2) is 6.29 Å². The summed E-state index contributed by atoms with van der Waals surface area (Å²) in [6, 6.07) is 31.9. The first-order valence-corrected chi connectivity index (χ1v) is 10.5. The van der Waals surface area contributed by atoms with E-state index in [4.69, 9.17) is 0 Å². The van der Waals surface area contributed by atoms with Gasteiger partial charge in [0.15, 0.2) is 0 Å². The molecule has 1 nitrogen and oxygen atoms in total. The van der Waals surface area contributed by atoms with Crippen LogP contribution < -0.4 is 15.9 Å². The molecule has 3 aromatic carbocycles. The van der Waals surface area contributed by atoms with Gasteiger partial charge in [0.25, 0.3) is 0 Å². The fraction of sp³-hybridized carbons (Fsp3) is 0.0870. The van der Waals surface area contributed by atoms with E-state index in [9.17, 15) is 4.79 Å². The molecule has 0 fully saturated rings. The quantitative estimate of drug-likeness (QED) is 0.384. The Morgan fingerprint density at radius 3 is 1.24 bits per heavy atom. The van der Waals surface area contributed by atoms with Crippen molar-refractivity contribution in [1.29, 1.82) is 0 Å². The third-order valence-electron chi connectivity index (χ3n) is 4.95. The van der Waals surface area contributed by atoms with Crippen molar-refractivity contribution in [2.45, 2.75) is 13.8 Å². The molecule has 0 saturated heterocycles. The zero-order valence-electron chi connectivity index (χ0n) is 14.6. The number of hydrogen-bond donors (Lipinski definition) is 0. The molecule has 0 N–H and O–H groups in total. The van der Waals surface area contributed by atoms with E-state index in [-0.39, 0.29) is 0 Å². The summed E-state index contributed by atoms with van der Waals surface area (Å²) in [6.07, 6.45) is 0.992. The molecule has 2 heteroatoms. The molecule has 0 saturated carbocycles. The summed E-state index contributed by atoms with van der Waals surface area (Å²) in [7, 11) is -2.46. The summed E-state index contributed by atoms with van der Waals surface area (Å²) in [5.74, 6) is 0.